The van der Waals surface area contributed by atoms with E-state index in [9.17, 15) is 4.79 Å². The van der Waals surface area contributed by atoms with Gasteiger partial charge < -0.3 is 15.6 Å². The summed E-state index contributed by atoms with van der Waals surface area (Å²) in [6.07, 6.45) is 6.28. The molecule has 0 radical (unpaired) electrons. The fourth-order valence-electron chi connectivity index (χ4n) is 2.10. The highest BCUT2D eigenvalue weighted by Crippen LogP contribution is 2.35. The second-order valence-electron chi connectivity index (χ2n) is 4.82. The second kappa shape index (κ2) is 4.76. The number of imidazole rings is 1. The Balaban J connectivity index is 1.65. The monoisotopic (exact) mass is 256 g/mol. The van der Waals surface area contributed by atoms with Crippen LogP contribution in [0, 0.1) is 0 Å². The van der Waals surface area contributed by atoms with Crippen LogP contribution in [0.25, 0.3) is 0 Å². The van der Waals surface area contributed by atoms with Gasteiger partial charge in [0.25, 0.3) is 0 Å². The smallest absolute Gasteiger partial charge is 0.248 e. The van der Waals surface area contributed by atoms with Crippen molar-refractivity contribution in [2.24, 2.45) is 5.73 Å². The van der Waals surface area contributed by atoms with Crippen molar-refractivity contribution in [1.82, 2.24) is 9.55 Å². The van der Waals surface area contributed by atoms with Gasteiger partial charge in [-0.3, -0.25) is 4.79 Å². The number of carbonyl (C=O) groups is 1. The standard InChI is InChI=1S/C14H16N4O/c15-14(19)10-1-3-11(4-2-10)17-8-13-7-16-9-18(13)12-5-6-12/h1-4,7,9,12,17H,5-6,8H2,(H2,15,19). The molecule has 2 aromatic rings. The quantitative estimate of drug-likeness (QED) is 0.858. The molecule has 1 aliphatic rings. The van der Waals surface area contributed by atoms with Crippen LogP contribution in [0.1, 0.15) is 34.9 Å². The molecule has 5 heteroatoms. The summed E-state index contributed by atoms with van der Waals surface area (Å²) in [4.78, 5) is 15.2. The number of nitrogens with zero attached hydrogens (tertiary/aromatic N) is 2. The Bertz CT molecular complexity index is 584. The first-order valence-corrected chi connectivity index (χ1v) is 6.38. The molecule has 1 aromatic heterocycles. The highest BCUT2D eigenvalue weighted by Gasteiger charge is 2.24. The molecule has 0 spiro atoms. The summed E-state index contributed by atoms with van der Waals surface area (Å²) >= 11 is 0. The maximum Gasteiger partial charge on any atom is 0.248 e. The van der Waals surface area contributed by atoms with Crippen molar-refractivity contribution >= 4 is 11.6 Å². The number of nitrogens with two attached hydrogens (primary N) is 1. The van der Waals surface area contributed by atoms with Gasteiger partial charge in [-0.1, -0.05) is 0 Å². The summed E-state index contributed by atoms with van der Waals surface area (Å²) in [7, 11) is 0. The molecular weight excluding hydrogens is 240 g/mol. The van der Waals surface area contributed by atoms with Gasteiger partial charge in [-0.2, -0.15) is 0 Å². The molecule has 1 amide bonds. The number of hydrogen-bond donors (Lipinski definition) is 2. The van der Waals surface area contributed by atoms with Gasteiger partial charge in [0, 0.05) is 23.5 Å². The van der Waals surface area contributed by atoms with Crippen LogP contribution in [0.15, 0.2) is 36.8 Å². The number of nitrogens with one attached hydrogen (secondary N) is 1. The van der Waals surface area contributed by atoms with Crippen molar-refractivity contribution in [3.05, 3.63) is 48.0 Å². The van der Waals surface area contributed by atoms with Gasteiger partial charge in [-0.15, -0.1) is 0 Å². The summed E-state index contributed by atoms with van der Waals surface area (Å²) in [5, 5.41) is 3.32. The Morgan fingerprint density at radius 2 is 2.11 bits per heavy atom. The van der Waals surface area contributed by atoms with Crippen molar-refractivity contribution in [2.75, 3.05) is 5.32 Å². The molecule has 3 rings (SSSR count). The number of carbonyl (C=O) groups excluding carboxylic acids is 1. The summed E-state index contributed by atoms with van der Waals surface area (Å²) in [5.74, 6) is -0.404. The second-order valence-corrected chi connectivity index (χ2v) is 4.82. The van der Waals surface area contributed by atoms with E-state index < -0.39 is 5.91 Å². The first-order chi connectivity index (χ1) is 9.24. The summed E-state index contributed by atoms with van der Waals surface area (Å²) in [6.45, 7) is 0.729. The van der Waals surface area contributed by atoms with Crippen LogP contribution in [-0.4, -0.2) is 15.5 Å². The van der Waals surface area contributed by atoms with Crippen LogP contribution in [0.3, 0.4) is 0 Å². The molecule has 1 saturated carbocycles. The van der Waals surface area contributed by atoms with E-state index >= 15 is 0 Å². The number of aromatic nitrogens is 2. The SMILES string of the molecule is NC(=O)c1ccc(NCc2cncn2C2CC2)cc1. The Morgan fingerprint density at radius 3 is 2.74 bits per heavy atom. The highest BCUT2D eigenvalue weighted by atomic mass is 16.1. The maximum absolute atomic E-state index is 11.0. The van der Waals surface area contributed by atoms with Crippen LogP contribution in [-0.2, 0) is 6.54 Å². The van der Waals surface area contributed by atoms with E-state index in [2.05, 4.69) is 14.9 Å². The average Bonchev–Trinajstić information content (AvgIpc) is 3.16. The van der Waals surface area contributed by atoms with Crippen molar-refractivity contribution in [1.29, 1.82) is 0 Å². The molecule has 0 atom stereocenters. The molecule has 0 bridgehead atoms. The molecule has 0 unspecified atom stereocenters. The van der Waals surface area contributed by atoms with Crippen LogP contribution in [0.4, 0.5) is 5.69 Å². The van der Waals surface area contributed by atoms with E-state index in [4.69, 9.17) is 5.73 Å². The van der Waals surface area contributed by atoms with Gasteiger partial charge >= 0.3 is 0 Å². The van der Waals surface area contributed by atoms with Gasteiger partial charge in [0.15, 0.2) is 0 Å². The molecule has 1 heterocycles. The first kappa shape index (κ1) is 11.8. The van der Waals surface area contributed by atoms with Crippen molar-refractivity contribution in [3.63, 3.8) is 0 Å². The minimum absolute atomic E-state index is 0.404. The molecule has 1 aromatic carbocycles. The predicted octanol–water partition coefficient (Wildman–Crippen LogP) is 1.93. The lowest BCUT2D eigenvalue weighted by Gasteiger charge is -2.09. The van der Waals surface area contributed by atoms with E-state index in [-0.39, 0.29) is 0 Å². The van der Waals surface area contributed by atoms with E-state index in [1.165, 1.54) is 18.5 Å². The zero-order valence-corrected chi connectivity index (χ0v) is 10.5. The van der Waals surface area contributed by atoms with E-state index in [0.29, 0.717) is 11.6 Å². The lowest BCUT2D eigenvalue weighted by atomic mass is 10.2. The molecule has 0 saturated heterocycles. The Kier molecular flexibility index (Phi) is 2.95. The molecule has 98 valence electrons. The highest BCUT2D eigenvalue weighted by molar-refractivity contribution is 5.93. The lowest BCUT2D eigenvalue weighted by Crippen LogP contribution is -2.11. The summed E-state index contributed by atoms with van der Waals surface area (Å²) in [5.41, 5.74) is 7.87. The molecular formula is C14H16N4O. The van der Waals surface area contributed by atoms with Gasteiger partial charge in [0.2, 0.25) is 5.91 Å². The maximum atomic E-state index is 11.0. The minimum atomic E-state index is -0.404. The number of anilines is 1. The van der Waals surface area contributed by atoms with Gasteiger partial charge in [-0.25, -0.2) is 4.98 Å². The molecule has 0 aliphatic heterocycles. The number of benzene rings is 1. The molecule has 1 fully saturated rings. The molecule has 19 heavy (non-hydrogen) atoms. The predicted molar refractivity (Wildman–Crippen MR) is 72.8 cm³/mol. The van der Waals surface area contributed by atoms with Crippen LogP contribution < -0.4 is 11.1 Å². The molecule has 1 aliphatic carbocycles. The van der Waals surface area contributed by atoms with Crippen molar-refractivity contribution in [3.8, 4) is 0 Å². The van der Waals surface area contributed by atoms with Gasteiger partial charge in [-0.05, 0) is 37.1 Å². The largest absolute Gasteiger partial charge is 0.379 e. The summed E-state index contributed by atoms with van der Waals surface area (Å²) in [6, 6.07) is 7.80. The van der Waals surface area contributed by atoms with E-state index in [1.807, 2.05) is 24.7 Å². The number of rotatable bonds is 5. The van der Waals surface area contributed by atoms with Crippen LogP contribution in [0.5, 0.6) is 0 Å². The Morgan fingerprint density at radius 1 is 1.37 bits per heavy atom. The third-order valence-electron chi connectivity index (χ3n) is 3.33. The number of amides is 1. The molecule has 5 nitrogen and oxygen atoms in total. The average molecular weight is 256 g/mol. The number of primary amides is 1. The minimum Gasteiger partial charge on any atom is -0.379 e. The normalized spacial score (nSPS) is 14.3. The van der Waals surface area contributed by atoms with Crippen molar-refractivity contribution < 1.29 is 4.79 Å². The topological polar surface area (TPSA) is 72.9 Å². The zero-order chi connectivity index (χ0) is 13.2. The fraction of sp³-hybridized carbons (Fsp3) is 0.286. The van der Waals surface area contributed by atoms with Crippen LogP contribution >= 0.6 is 0 Å². The van der Waals surface area contributed by atoms with Crippen molar-refractivity contribution in [2.45, 2.75) is 25.4 Å². The van der Waals surface area contributed by atoms with Gasteiger partial charge in [0.05, 0.1) is 18.6 Å². The fourth-order valence-corrected chi connectivity index (χ4v) is 2.10. The molecule has 3 N–H and O–H groups in total. The summed E-state index contributed by atoms with van der Waals surface area (Å²) < 4.78 is 2.23. The van der Waals surface area contributed by atoms with E-state index in [1.54, 1.807) is 12.1 Å². The van der Waals surface area contributed by atoms with E-state index in [0.717, 1.165) is 12.2 Å². The van der Waals surface area contributed by atoms with Crippen LogP contribution in [0.2, 0.25) is 0 Å². The third kappa shape index (κ3) is 2.59. The number of hydrogen-bond acceptors (Lipinski definition) is 3. The first-order valence-electron chi connectivity index (χ1n) is 6.38. The Labute approximate surface area is 111 Å². The van der Waals surface area contributed by atoms with Gasteiger partial charge in [0.1, 0.15) is 0 Å². The third-order valence-corrected chi connectivity index (χ3v) is 3.33. The zero-order valence-electron chi connectivity index (χ0n) is 10.5. The lowest BCUT2D eigenvalue weighted by molar-refractivity contribution is 0.100. The Hall–Kier alpha value is -2.30.